The van der Waals surface area contributed by atoms with Crippen molar-refractivity contribution >= 4 is 29.6 Å². The van der Waals surface area contributed by atoms with E-state index in [1.165, 1.54) is 21.7 Å². The van der Waals surface area contributed by atoms with Gasteiger partial charge in [0, 0.05) is 26.6 Å². The lowest BCUT2D eigenvalue weighted by Crippen LogP contribution is -2.58. The van der Waals surface area contributed by atoms with Crippen molar-refractivity contribution in [1.29, 1.82) is 0 Å². The van der Waals surface area contributed by atoms with Gasteiger partial charge in [-0.1, -0.05) is 60.7 Å². The maximum Gasteiger partial charge on any atom is 0.243 e. The lowest BCUT2D eigenvalue weighted by molar-refractivity contribution is -0.149. The monoisotopic (exact) mass is 537 g/mol. The number of aliphatic imine (C=N–C) groups is 1. The number of nitrogens with two attached hydrogens (primary N) is 3. The zero-order valence-corrected chi connectivity index (χ0v) is 22.9. The molecule has 2 aromatic carbocycles. The van der Waals surface area contributed by atoms with Gasteiger partial charge in [0.05, 0.1) is 19.6 Å². The van der Waals surface area contributed by atoms with Crippen LogP contribution in [0.25, 0.3) is 0 Å². The first-order valence-electron chi connectivity index (χ1n) is 12.7. The predicted octanol–water partition coefficient (Wildman–Crippen LogP) is 0.472. The van der Waals surface area contributed by atoms with Crippen molar-refractivity contribution < 1.29 is 19.2 Å². The molecule has 0 bridgehead atoms. The maximum absolute atomic E-state index is 13.7. The van der Waals surface area contributed by atoms with Crippen LogP contribution in [0.1, 0.15) is 31.4 Å². The van der Waals surface area contributed by atoms with E-state index >= 15 is 0 Å². The maximum atomic E-state index is 13.7. The number of benzene rings is 2. The summed E-state index contributed by atoms with van der Waals surface area (Å²) in [6.45, 7) is 3.11. The average Bonchev–Trinajstić information content (AvgIpc) is 2.90. The number of nitrogens with zero attached hydrogens (tertiary/aromatic N) is 4. The highest BCUT2D eigenvalue weighted by Crippen LogP contribution is 2.19. The quantitative estimate of drug-likeness (QED) is 0.234. The summed E-state index contributed by atoms with van der Waals surface area (Å²) in [5.74, 6) is -1.95. The van der Waals surface area contributed by atoms with Gasteiger partial charge in [-0.25, -0.2) is 0 Å². The molecule has 6 N–H and O–H groups in total. The Hall–Kier alpha value is -4.41. The fourth-order valence-electron chi connectivity index (χ4n) is 3.81. The van der Waals surface area contributed by atoms with E-state index in [1.54, 1.807) is 13.8 Å². The molecule has 11 nitrogen and oxygen atoms in total. The summed E-state index contributed by atoms with van der Waals surface area (Å²) in [6.07, 6.45) is 0.530. The Balaban J connectivity index is 2.24. The largest absolute Gasteiger partial charge is 0.370 e. The Kier molecular flexibility index (Phi) is 11.5. The van der Waals surface area contributed by atoms with Crippen LogP contribution in [0, 0.1) is 0 Å². The van der Waals surface area contributed by atoms with Gasteiger partial charge >= 0.3 is 0 Å². The fourth-order valence-corrected chi connectivity index (χ4v) is 3.81. The summed E-state index contributed by atoms with van der Waals surface area (Å²) in [6, 6.07) is 18.8. The second kappa shape index (κ2) is 14.5. The summed E-state index contributed by atoms with van der Waals surface area (Å²) in [5.41, 5.74) is 16.8. The van der Waals surface area contributed by atoms with Crippen LogP contribution < -0.4 is 17.2 Å². The highest BCUT2D eigenvalue weighted by molar-refractivity contribution is 5.92. The predicted molar refractivity (Wildman–Crippen MR) is 150 cm³/mol. The Bertz CT molecular complexity index is 1150. The molecule has 210 valence electrons. The van der Waals surface area contributed by atoms with Crippen LogP contribution in [-0.2, 0) is 32.1 Å². The lowest BCUT2D eigenvalue weighted by atomic mass is 10.00. The standard InChI is InChI=1S/C28H39N7O4/c1-28(2,26(29)39)35(18-22-12-8-5-9-13-22)25(38)20-34(17-15-21-10-6-4-7-11-21)24(37)19-33(3)23(36)14-16-32-27(30)31/h4-13H,14-20H2,1-3H3,(H2,29,39)(H4,30,31,32). The van der Waals surface area contributed by atoms with E-state index in [9.17, 15) is 19.2 Å². The molecule has 39 heavy (non-hydrogen) atoms. The molecular formula is C28H39N7O4. The number of rotatable bonds is 14. The van der Waals surface area contributed by atoms with Gasteiger partial charge in [-0.3, -0.25) is 24.2 Å². The molecule has 0 aromatic heterocycles. The van der Waals surface area contributed by atoms with E-state index in [-0.39, 0.29) is 51.0 Å². The number of hydrogen-bond acceptors (Lipinski definition) is 5. The first-order chi connectivity index (χ1) is 18.4. The zero-order chi connectivity index (χ0) is 29.0. The molecule has 0 aliphatic heterocycles. The molecule has 0 radical (unpaired) electrons. The highest BCUT2D eigenvalue weighted by Gasteiger charge is 2.37. The summed E-state index contributed by atoms with van der Waals surface area (Å²) in [5, 5.41) is 0. The van der Waals surface area contributed by atoms with E-state index in [0.717, 1.165) is 11.1 Å². The molecule has 0 saturated heterocycles. The fraction of sp³-hybridized carbons (Fsp3) is 0.393. The molecule has 0 fully saturated rings. The van der Waals surface area contributed by atoms with Crippen molar-refractivity contribution in [1.82, 2.24) is 14.7 Å². The number of likely N-dealkylation sites (N-methyl/N-ethyl adjacent to an activating group) is 1. The third-order valence-corrected chi connectivity index (χ3v) is 6.37. The topological polar surface area (TPSA) is 168 Å². The summed E-state index contributed by atoms with van der Waals surface area (Å²) >= 11 is 0. The minimum Gasteiger partial charge on any atom is -0.370 e. The molecule has 0 unspecified atom stereocenters. The van der Waals surface area contributed by atoms with Crippen LogP contribution in [0.2, 0.25) is 0 Å². The van der Waals surface area contributed by atoms with Gasteiger partial charge in [0.15, 0.2) is 5.96 Å². The van der Waals surface area contributed by atoms with Crippen LogP contribution in [0.4, 0.5) is 0 Å². The van der Waals surface area contributed by atoms with E-state index in [2.05, 4.69) is 4.99 Å². The second-order valence-corrected chi connectivity index (χ2v) is 9.75. The Morgan fingerprint density at radius 1 is 0.795 bits per heavy atom. The van der Waals surface area contributed by atoms with Crippen LogP contribution in [-0.4, -0.2) is 83.1 Å². The van der Waals surface area contributed by atoms with Crippen molar-refractivity contribution in [3.63, 3.8) is 0 Å². The third-order valence-electron chi connectivity index (χ3n) is 6.37. The highest BCUT2D eigenvalue weighted by atomic mass is 16.2. The van der Waals surface area contributed by atoms with Gasteiger partial charge in [0.2, 0.25) is 23.6 Å². The molecule has 0 aliphatic rings. The first kappa shape index (κ1) is 30.8. The molecule has 0 saturated carbocycles. The number of amides is 4. The molecule has 11 heteroatoms. The molecule has 0 atom stereocenters. The molecule has 4 amide bonds. The molecule has 0 heterocycles. The van der Waals surface area contributed by atoms with Gasteiger partial charge in [-0.2, -0.15) is 0 Å². The smallest absolute Gasteiger partial charge is 0.243 e. The Morgan fingerprint density at radius 2 is 1.36 bits per heavy atom. The number of guanidine groups is 1. The number of hydrogen-bond donors (Lipinski definition) is 3. The lowest BCUT2D eigenvalue weighted by Gasteiger charge is -2.37. The van der Waals surface area contributed by atoms with Crippen LogP contribution in [0.15, 0.2) is 65.7 Å². The van der Waals surface area contributed by atoms with E-state index in [1.807, 2.05) is 60.7 Å². The van der Waals surface area contributed by atoms with E-state index in [4.69, 9.17) is 17.2 Å². The van der Waals surface area contributed by atoms with Crippen molar-refractivity contribution in [3.8, 4) is 0 Å². The van der Waals surface area contributed by atoms with Gasteiger partial charge in [0.1, 0.15) is 5.54 Å². The number of carbonyl (C=O) groups excluding carboxylic acids is 4. The zero-order valence-electron chi connectivity index (χ0n) is 22.9. The minimum absolute atomic E-state index is 0.0300. The summed E-state index contributed by atoms with van der Waals surface area (Å²) < 4.78 is 0. The van der Waals surface area contributed by atoms with E-state index < -0.39 is 23.3 Å². The number of carbonyl (C=O) groups is 4. The minimum atomic E-state index is -1.31. The van der Waals surface area contributed by atoms with Gasteiger partial charge < -0.3 is 31.9 Å². The molecule has 0 aliphatic carbocycles. The first-order valence-corrected chi connectivity index (χ1v) is 12.7. The van der Waals surface area contributed by atoms with E-state index in [0.29, 0.717) is 6.42 Å². The summed E-state index contributed by atoms with van der Waals surface area (Å²) in [7, 11) is 1.50. The summed E-state index contributed by atoms with van der Waals surface area (Å²) in [4.78, 5) is 59.7. The molecule has 2 rings (SSSR count). The van der Waals surface area contributed by atoms with Crippen LogP contribution in [0.5, 0.6) is 0 Å². The second-order valence-electron chi connectivity index (χ2n) is 9.75. The van der Waals surface area contributed by atoms with Gasteiger partial charge in [-0.15, -0.1) is 0 Å². The van der Waals surface area contributed by atoms with Crippen LogP contribution in [0.3, 0.4) is 0 Å². The molecule has 0 spiro atoms. The van der Waals surface area contributed by atoms with Crippen molar-refractivity contribution in [2.45, 2.75) is 38.8 Å². The molecular weight excluding hydrogens is 498 g/mol. The number of primary amides is 1. The molecule has 2 aromatic rings. The Labute approximate surface area is 229 Å². The van der Waals surface area contributed by atoms with Crippen molar-refractivity contribution in [2.75, 3.05) is 33.2 Å². The normalized spacial score (nSPS) is 10.8. The Morgan fingerprint density at radius 3 is 1.90 bits per heavy atom. The SMILES string of the molecule is CN(CC(=O)N(CCc1ccccc1)CC(=O)N(Cc1ccccc1)C(C)(C)C(N)=O)C(=O)CCN=C(N)N. The van der Waals surface area contributed by atoms with Crippen LogP contribution >= 0.6 is 0 Å². The third kappa shape index (κ3) is 9.76. The van der Waals surface area contributed by atoms with Gasteiger partial charge in [-0.05, 0) is 31.4 Å². The van der Waals surface area contributed by atoms with Crippen molar-refractivity contribution in [3.05, 3.63) is 71.8 Å². The van der Waals surface area contributed by atoms with Crippen molar-refractivity contribution in [2.24, 2.45) is 22.2 Å². The average molecular weight is 538 g/mol. The van der Waals surface area contributed by atoms with Gasteiger partial charge in [0.25, 0.3) is 0 Å².